The molecule has 4 heteroatoms. The van der Waals surface area contributed by atoms with Crippen LogP contribution in [0.2, 0.25) is 0 Å². The van der Waals surface area contributed by atoms with Gasteiger partial charge in [-0.05, 0) is 49.1 Å². The Bertz CT molecular complexity index is 676. The highest BCUT2D eigenvalue weighted by Gasteiger charge is 2.17. The molecule has 0 spiro atoms. The number of fused-ring (bicyclic) bond motifs is 1. The summed E-state index contributed by atoms with van der Waals surface area (Å²) in [6.07, 6.45) is 3.24. The predicted octanol–water partition coefficient (Wildman–Crippen LogP) is 4.36. The minimum atomic E-state index is 0.686. The van der Waals surface area contributed by atoms with Crippen LogP contribution in [0.15, 0.2) is 44.7 Å². The van der Waals surface area contributed by atoms with Gasteiger partial charge in [0.2, 0.25) is 0 Å². The van der Waals surface area contributed by atoms with E-state index in [9.17, 15) is 5.26 Å². The van der Waals surface area contributed by atoms with Crippen LogP contribution >= 0.6 is 27.7 Å². The Labute approximate surface area is 125 Å². The molecule has 1 aromatic heterocycles. The highest BCUT2D eigenvalue weighted by atomic mass is 79.9. The molecule has 2 aromatic rings. The van der Waals surface area contributed by atoms with Gasteiger partial charge in [-0.2, -0.15) is 5.26 Å². The molecular formula is C15H11BrN2S. The topological polar surface area (TPSA) is 36.7 Å². The van der Waals surface area contributed by atoms with E-state index >= 15 is 0 Å². The minimum absolute atomic E-state index is 0.686. The fraction of sp³-hybridized carbons (Fsp3) is 0.200. The third-order valence-electron chi connectivity index (χ3n) is 3.15. The number of benzene rings is 1. The fourth-order valence-electron chi connectivity index (χ4n) is 2.25. The van der Waals surface area contributed by atoms with E-state index in [0.717, 1.165) is 39.4 Å². The molecule has 0 fully saturated rings. The van der Waals surface area contributed by atoms with Crippen LogP contribution in [-0.2, 0) is 12.8 Å². The van der Waals surface area contributed by atoms with E-state index in [1.165, 1.54) is 5.56 Å². The maximum Gasteiger partial charge on any atom is 0.119 e. The lowest BCUT2D eigenvalue weighted by Crippen LogP contribution is -1.94. The van der Waals surface area contributed by atoms with E-state index in [1.54, 1.807) is 11.8 Å². The maximum absolute atomic E-state index is 9.27. The van der Waals surface area contributed by atoms with E-state index in [4.69, 9.17) is 0 Å². The number of aryl methyl sites for hydroxylation is 2. The Morgan fingerprint density at radius 2 is 2.16 bits per heavy atom. The van der Waals surface area contributed by atoms with Crippen LogP contribution < -0.4 is 0 Å². The van der Waals surface area contributed by atoms with Gasteiger partial charge in [-0.3, -0.25) is 0 Å². The zero-order valence-corrected chi connectivity index (χ0v) is 12.6. The van der Waals surface area contributed by atoms with Crippen LogP contribution in [-0.4, -0.2) is 4.98 Å². The van der Waals surface area contributed by atoms with Crippen molar-refractivity contribution in [2.45, 2.75) is 29.2 Å². The number of halogens is 1. The first-order chi connectivity index (χ1) is 9.26. The Morgan fingerprint density at radius 1 is 1.26 bits per heavy atom. The standard InChI is InChI=1S/C15H11BrN2S/c16-12-4-2-5-13(8-12)19-15-11(9-17)7-10-3-1-6-14(10)18-15/h2,4-5,7-8H,1,3,6H2. The van der Waals surface area contributed by atoms with Gasteiger partial charge in [-0.25, -0.2) is 4.98 Å². The molecule has 0 atom stereocenters. The Kier molecular flexibility index (Phi) is 3.58. The molecule has 0 aliphatic heterocycles. The second-order valence-electron chi connectivity index (χ2n) is 4.47. The summed E-state index contributed by atoms with van der Waals surface area (Å²) in [5, 5.41) is 10.1. The van der Waals surface area contributed by atoms with Gasteiger partial charge in [0.05, 0.1) is 5.56 Å². The molecular weight excluding hydrogens is 320 g/mol. The van der Waals surface area contributed by atoms with E-state index in [-0.39, 0.29) is 0 Å². The zero-order chi connectivity index (χ0) is 13.2. The number of nitrogens with zero attached hydrogens (tertiary/aromatic N) is 2. The first kappa shape index (κ1) is 12.7. The summed E-state index contributed by atoms with van der Waals surface area (Å²) in [5.41, 5.74) is 3.09. The number of nitriles is 1. The molecule has 94 valence electrons. The molecule has 0 bridgehead atoms. The first-order valence-electron chi connectivity index (χ1n) is 6.12. The summed E-state index contributed by atoms with van der Waals surface area (Å²) in [6, 6.07) is 12.3. The van der Waals surface area contributed by atoms with Crippen LogP contribution in [0.3, 0.4) is 0 Å². The number of rotatable bonds is 2. The van der Waals surface area contributed by atoms with Gasteiger partial charge in [-0.15, -0.1) is 0 Å². The van der Waals surface area contributed by atoms with Crippen molar-refractivity contribution in [3.8, 4) is 6.07 Å². The summed E-state index contributed by atoms with van der Waals surface area (Å²) in [7, 11) is 0. The lowest BCUT2D eigenvalue weighted by Gasteiger charge is -2.06. The average Bonchev–Trinajstić information content (AvgIpc) is 2.85. The highest BCUT2D eigenvalue weighted by molar-refractivity contribution is 9.10. The number of pyridine rings is 1. The third kappa shape index (κ3) is 2.68. The van der Waals surface area contributed by atoms with Gasteiger partial charge in [0.1, 0.15) is 11.1 Å². The second-order valence-corrected chi connectivity index (χ2v) is 6.45. The van der Waals surface area contributed by atoms with Gasteiger partial charge >= 0.3 is 0 Å². The van der Waals surface area contributed by atoms with Gasteiger partial charge in [0.15, 0.2) is 0 Å². The third-order valence-corrected chi connectivity index (χ3v) is 4.63. The summed E-state index contributed by atoms with van der Waals surface area (Å²) < 4.78 is 1.04. The normalized spacial score (nSPS) is 13.1. The molecule has 0 saturated heterocycles. The van der Waals surface area contributed by atoms with Crippen molar-refractivity contribution in [2.24, 2.45) is 0 Å². The lowest BCUT2D eigenvalue weighted by atomic mass is 10.2. The molecule has 0 amide bonds. The molecule has 0 unspecified atom stereocenters. The van der Waals surface area contributed by atoms with Crippen LogP contribution in [0.25, 0.3) is 0 Å². The monoisotopic (exact) mass is 330 g/mol. The van der Waals surface area contributed by atoms with E-state index in [2.05, 4.69) is 27.0 Å². The van der Waals surface area contributed by atoms with Crippen LogP contribution in [0, 0.1) is 11.3 Å². The summed E-state index contributed by atoms with van der Waals surface area (Å²) in [5.74, 6) is 0. The summed E-state index contributed by atoms with van der Waals surface area (Å²) in [6.45, 7) is 0. The molecule has 2 nitrogen and oxygen atoms in total. The Balaban J connectivity index is 1.99. The largest absolute Gasteiger partial charge is 0.244 e. The van der Waals surface area contributed by atoms with Crippen molar-refractivity contribution in [3.63, 3.8) is 0 Å². The second kappa shape index (κ2) is 5.36. The van der Waals surface area contributed by atoms with Gasteiger partial charge < -0.3 is 0 Å². The molecule has 0 N–H and O–H groups in total. The number of aromatic nitrogens is 1. The summed E-state index contributed by atoms with van der Waals surface area (Å²) >= 11 is 5.02. The lowest BCUT2D eigenvalue weighted by molar-refractivity contribution is 0.891. The van der Waals surface area contributed by atoms with Crippen molar-refractivity contribution >= 4 is 27.7 Å². The average molecular weight is 331 g/mol. The van der Waals surface area contributed by atoms with Crippen LogP contribution in [0.5, 0.6) is 0 Å². The first-order valence-corrected chi connectivity index (χ1v) is 7.73. The van der Waals surface area contributed by atoms with Gasteiger partial charge in [0, 0.05) is 15.1 Å². The van der Waals surface area contributed by atoms with Crippen molar-refractivity contribution in [3.05, 3.63) is 51.6 Å². The fourth-order valence-corrected chi connectivity index (χ4v) is 3.73. The molecule has 1 aliphatic carbocycles. The van der Waals surface area contributed by atoms with Crippen LogP contribution in [0.4, 0.5) is 0 Å². The molecule has 1 heterocycles. The van der Waals surface area contributed by atoms with Crippen LogP contribution in [0.1, 0.15) is 23.2 Å². The SMILES string of the molecule is N#Cc1cc2c(nc1Sc1cccc(Br)c1)CCC2. The van der Waals surface area contributed by atoms with Gasteiger partial charge in [0.25, 0.3) is 0 Å². The zero-order valence-electron chi connectivity index (χ0n) is 10.2. The highest BCUT2D eigenvalue weighted by Crippen LogP contribution is 2.33. The predicted molar refractivity (Wildman–Crippen MR) is 79.2 cm³/mol. The van der Waals surface area contributed by atoms with Crippen molar-refractivity contribution in [1.29, 1.82) is 5.26 Å². The molecule has 0 radical (unpaired) electrons. The molecule has 3 rings (SSSR count). The molecule has 1 aliphatic rings. The Morgan fingerprint density at radius 3 is 2.95 bits per heavy atom. The molecule has 1 aromatic carbocycles. The Hall–Kier alpha value is -1.31. The summed E-state index contributed by atoms with van der Waals surface area (Å²) in [4.78, 5) is 5.77. The van der Waals surface area contributed by atoms with E-state index in [0.29, 0.717) is 5.56 Å². The molecule has 0 saturated carbocycles. The number of hydrogen-bond donors (Lipinski definition) is 0. The van der Waals surface area contributed by atoms with E-state index in [1.807, 2.05) is 30.3 Å². The number of hydrogen-bond acceptors (Lipinski definition) is 3. The van der Waals surface area contributed by atoms with Crippen molar-refractivity contribution in [2.75, 3.05) is 0 Å². The van der Waals surface area contributed by atoms with Gasteiger partial charge in [-0.1, -0.05) is 33.8 Å². The molecule has 19 heavy (non-hydrogen) atoms. The van der Waals surface area contributed by atoms with E-state index < -0.39 is 0 Å². The van der Waals surface area contributed by atoms with Crippen molar-refractivity contribution in [1.82, 2.24) is 4.98 Å². The smallest absolute Gasteiger partial charge is 0.119 e. The van der Waals surface area contributed by atoms with Crippen molar-refractivity contribution < 1.29 is 0 Å². The maximum atomic E-state index is 9.27. The quantitative estimate of drug-likeness (QED) is 0.821. The minimum Gasteiger partial charge on any atom is -0.244 e.